The van der Waals surface area contributed by atoms with E-state index >= 15 is 0 Å². The molecule has 1 aromatic carbocycles. The summed E-state index contributed by atoms with van der Waals surface area (Å²) in [5.41, 5.74) is 1.06. The van der Waals surface area contributed by atoms with Crippen molar-refractivity contribution < 1.29 is 9.47 Å². The van der Waals surface area contributed by atoms with E-state index in [0.717, 1.165) is 31.7 Å². The Morgan fingerprint density at radius 1 is 1.17 bits per heavy atom. The van der Waals surface area contributed by atoms with Gasteiger partial charge in [0.25, 0.3) is 0 Å². The molecule has 0 radical (unpaired) electrons. The zero-order valence-corrected chi connectivity index (χ0v) is 12.1. The molecule has 0 heterocycles. The second-order valence-corrected chi connectivity index (χ2v) is 4.71. The molecule has 0 aromatic heterocycles. The molecule has 0 fully saturated rings. The molecule has 1 aromatic rings. The van der Waals surface area contributed by atoms with Gasteiger partial charge in [0.1, 0.15) is 0 Å². The number of hydrogen-bond acceptors (Lipinski definition) is 3. The molecule has 102 valence electrons. The average molecular weight is 292 g/mol. The van der Waals surface area contributed by atoms with E-state index in [9.17, 15) is 0 Å². The largest absolute Gasteiger partial charge is 0.382 e. The van der Waals surface area contributed by atoms with E-state index in [1.165, 1.54) is 0 Å². The molecule has 5 heteroatoms. The molecule has 0 atom stereocenters. The van der Waals surface area contributed by atoms with Gasteiger partial charge in [0.2, 0.25) is 0 Å². The van der Waals surface area contributed by atoms with Crippen molar-refractivity contribution in [3.63, 3.8) is 0 Å². The fourth-order valence-corrected chi connectivity index (χ4v) is 1.91. The third-order valence-corrected chi connectivity index (χ3v) is 2.99. The van der Waals surface area contributed by atoms with Gasteiger partial charge in [0.15, 0.2) is 0 Å². The van der Waals surface area contributed by atoms with Crippen molar-refractivity contribution in [3.8, 4) is 0 Å². The average Bonchev–Trinajstić information content (AvgIpc) is 2.35. The fraction of sp³-hybridized carbons (Fsp3) is 0.538. The number of benzene rings is 1. The van der Waals surface area contributed by atoms with Gasteiger partial charge < -0.3 is 14.8 Å². The molecule has 1 rings (SSSR count). The second-order valence-electron chi connectivity index (χ2n) is 3.87. The topological polar surface area (TPSA) is 30.5 Å². The van der Waals surface area contributed by atoms with Gasteiger partial charge in [0.05, 0.1) is 13.2 Å². The highest BCUT2D eigenvalue weighted by Crippen LogP contribution is 2.20. The van der Waals surface area contributed by atoms with Gasteiger partial charge in [0, 0.05) is 30.3 Å². The van der Waals surface area contributed by atoms with Crippen LogP contribution in [0.5, 0.6) is 0 Å². The predicted octanol–water partition coefficient (Wildman–Crippen LogP) is 3.14. The summed E-state index contributed by atoms with van der Waals surface area (Å²) in [4.78, 5) is 0. The fourth-order valence-electron chi connectivity index (χ4n) is 1.43. The number of nitrogens with one attached hydrogen (secondary N) is 1. The van der Waals surface area contributed by atoms with E-state index < -0.39 is 0 Å². The molecular weight excluding hydrogens is 273 g/mol. The van der Waals surface area contributed by atoms with E-state index in [2.05, 4.69) is 5.32 Å². The SMILES string of the molecule is COCCOCCCNCc1ccc(Cl)cc1Cl. The Kier molecular flexibility index (Phi) is 8.38. The first-order valence-electron chi connectivity index (χ1n) is 5.95. The smallest absolute Gasteiger partial charge is 0.0700 e. The number of hydrogen-bond donors (Lipinski definition) is 1. The molecule has 18 heavy (non-hydrogen) atoms. The van der Waals surface area contributed by atoms with Crippen LogP contribution in [0.4, 0.5) is 0 Å². The molecule has 1 N–H and O–H groups in total. The molecular formula is C13H19Cl2NO2. The van der Waals surface area contributed by atoms with Crippen molar-refractivity contribution in [1.29, 1.82) is 0 Å². The highest BCUT2D eigenvalue weighted by atomic mass is 35.5. The lowest BCUT2D eigenvalue weighted by molar-refractivity contribution is 0.0695. The van der Waals surface area contributed by atoms with Gasteiger partial charge in [-0.2, -0.15) is 0 Å². The molecule has 0 bridgehead atoms. The van der Waals surface area contributed by atoms with Crippen molar-refractivity contribution in [2.45, 2.75) is 13.0 Å². The summed E-state index contributed by atoms with van der Waals surface area (Å²) < 4.78 is 10.2. The molecule has 0 amide bonds. The highest BCUT2D eigenvalue weighted by Gasteiger charge is 2.00. The van der Waals surface area contributed by atoms with Crippen LogP contribution in [0, 0.1) is 0 Å². The maximum atomic E-state index is 6.06. The minimum atomic E-state index is 0.647. The first-order chi connectivity index (χ1) is 8.74. The van der Waals surface area contributed by atoms with Crippen LogP contribution in [0.15, 0.2) is 18.2 Å². The molecule has 0 aliphatic rings. The highest BCUT2D eigenvalue weighted by molar-refractivity contribution is 6.35. The number of ether oxygens (including phenoxy) is 2. The summed E-state index contributed by atoms with van der Waals surface area (Å²) in [7, 11) is 1.67. The van der Waals surface area contributed by atoms with Gasteiger partial charge in [-0.15, -0.1) is 0 Å². The Hall–Kier alpha value is -0.320. The second kappa shape index (κ2) is 9.59. The van der Waals surface area contributed by atoms with Gasteiger partial charge in [-0.25, -0.2) is 0 Å². The molecule has 0 unspecified atom stereocenters. The summed E-state index contributed by atoms with van der Waals surface area (Å²) in [6.07, 6.45) is 0.967. The van der Waals surface area contributed by atoms with E-state index in [0.29, 0.717) is 23.3 Å². The van der Waals surface area contributed by atoms with Crippen molar-refractivity contribution >= 4 is 23.2 Å². The van der Waals surface area contributed by atoms with E-state index in [1.54, 1.807) is 13.2 Å². The normalized spacial score (nSPS) is 10.8. The molecule has 0 aliphatic carbocycles. The van der Waals surface area contributed by atoms with Crippen molar-refractivity contribution in [3.05, 3.63) is 33.8 Å². The zero-order chi connectivity index (χ0) is 13.2. The molecule has 0 spiro atoms. The van der Waals surface area contributed by atoms with Crippen LogP contribution in [-0.4, -0.2) is 33.5 Å². The minimum Gasteiger partial charge on any atom is -0.382 e. The molecule has 0 saturated heterocycles. The van der Waals surface area contributed by atoms with Gasteiger partial charge >= 0.3 is 0 Å². The maximum Gasteiger partial charge on any atom is 0.0700 e. The summed E-state index contributed by atoms with van der Waals surface area (Å²) in [6.45, 7) is 3.68. The van der Waals surface area contributed by atoms with Crippen LogP contribution in [0.3, 0.4) is 0 Å². The monoisotopic (exact) mass is 291 g/mol. The van der Waals surface area contributed by atoms with E-state index in [-0.39, 0.29) is 0 Å². The van der Waals surface area contributed by atoms with Gasteiger partial charge in [-0.1, -0.05) is 29.3 Å². The quantitative estimate of drug-likeness (QED) is 0.709. The summed E-state index contributed by atoms with van der Waals surface area (Å²) in [5, 5.41) is 4.68. The Balaban J connectivity index is 2.07. The van der Waals surface area contributed by atoms with E-state index in [4.69, 9.17) is 32.7 Å². The van der Waals surface area contributed by atoms with Crippen molar-refractivity contribution in [1.82, 2.24) is 5.32 Å². The van der Waals surface area contributed by atoms with Crippen LogP contribution in [-0.2, 0) is 16.0 Å². The maximum absolute atomic E-state index is 6.06. The van der Waals surface area contributed by atoms with Crippen LogP contribution < -0.4 is 5.32 Å². The Labute approximate surface area is 118 Å². The summed E-state index contributed by atoms with van der Waals surface area (Å²) >= 11 is 11.9. The van der Waals surface area contributed by atoms with Crippen LogP contribution in [0.2, 0.25) is 10.0 Å². The third kappa shape index (κ3) is 6.57. The Bertz CT molecular complexity index is 348. The van der Waals surface area contributed by atoms with E-state index in [1.807, 2.05) is 12.1 Å². The number of halogens is 2. The lowest BCUT2D eigenvalue weighted by atomic mass is 10.2. The molecule has 3 nitrogen and oxygen atoms in total. The lowest BCUT2D eigenvalue weighted by Gasteiger charge is -2.07. The summed E-state index contributed by atoms with van der Waals surface area (Å²) in [6, 6.07) is 5.54. The number of rotatable bonds is 9. The molecule has 0 aliphatic heterocycles. The van der Waals surface area contributed by atoms with Gasteiger partial charge in [-0.05, 0) is 30.7 Å². The van der Waals surface area contributed by atoms with Gasteiger partial charge in [-0.3, -0.25) is 0 Å². The third-order valence-electron chi connectivity index (χ3n) is 2.40. The first-order valence-corrected chi connectivity index (χ1v) is 6.71. The Morgan fingerprint density at radius 2 is 2.00 bits per heavy atom. The Morgan fingerprint density at radius 3 is 2.72 bits per heavy atom. The molecule has 0 saturated carbocycles. The number of methoxy groups -OCH3 is 1. The standard InChI is InChI=1S/C13H19Cl2NO2/c1-17-7-8-18-6-2-5-16-10-11-3-4-12(14)9-13(11)15/h3-4,9,16H,2,5-8,10H2,1H3. The van der Waals surface area contributed by atoms with Crippen LogP contribution >= 0.6 is 23.2 Å². The van der Waals surface area contributed by atoms with Crippen LogP contribution in [0.1, 0.15) is 12.0 Å². The van der Waals surface area contributed by atoms with Crippen molar-refractivity contribution in [2.75, 3.05) is 33.5 Å². The minimum absolute atomic E-state index is 0.647. The predicted molar refractivity (Wildman–Crippen MR) is 75.5 cm³/mol. The summed E-state index contributed by atoms with van der Waals surface area (Å²) in [5.74, 6) is 0. The first kappa shape index (κ1) is 15.7. The zero-order valence-electron chi connectivity index (χ0n) is 10.5. The van der Waals surface area contributed by atoms with Crippen molar-refractivity contribution in [2.24, 2.45) is 0 Å². The lowest BCUT2D eigenvalue weighted by Crippen LogP contribution is -2.17. The van der Waals surface area contributed by atoms with Crippen LogP contribution in [0.25, 0.3) is 0 Å².